The molecule has 0 aromatic heterocycles. The summed E-state index contributed by atoms with van der Waals surface area (Å²) in [5.74, 6) is -0.149. The number of carbonyl (C=O) groups excluding carboxylic acids is 1. The predicted octanol–water partition coefficient (Wildman–Crippen LogP) is 2.67. The highest BCUT2D eigenvalue weighted by Crippen LogP contribution is 2.28. The molecule has 0 fully saturated rings. The van der Waals surface area contributed by atoms with Gasteiger partial charge >= 0.3 is 0 Å². The predicted molar refractivity (Wildman–Crippen MR) is 90.5 cm³/mol. The molecule has 2 aromatic rings. The van der Waals surface area contributed by atoms with Gasteiger partial charge in [0, 0.05) is 19.1 Å². The maximum Gasteiger partial charge on any atom is 0.241 e. The third-order valence-corrected chi connectivity index (χ3v) is 5.31. The molecule has 0 aliphatic heterocycles. The lowest BCUT2D eigenvalue weighted by Crippen LogP contribution is -2.29. The van der Waals surface area contributed by atoms with Gasteiger partial charge in [-0.15, -0.1) is 0 Å². The number of rotatable bonds is 5. The molecule has 0 aliphatic carbocycles. The average molecular weight is 353 g/mol. The van der Waals surface area contributed by atoms with Crippen LogP contribution >= 0.6 is 11.6 Å². The number of para-hydroxylation sites is 1. The molecule has 5 nitrogen and oxygen atoms in total. The maximum atomic E-state index is 12.8. The molecule has 0 spiro atoms. The van der Waals surface area contributed by atoms with Gasteiger partial charge in [0.25, 0.3) is 0 Å². The number of amides is 1. The van der Waals surface area contributed by atoms with Gasteiger partial charge in [0.2, 0.25) is 15.7 Å². The van der Waals surface area contributed by atoms with Crippen molar-refractivity contribution in [3.05, 3.63) is 53.6 Å². The van der Waals surface area contributed by atoms with Crippen LogP contribution < -0.4 is 5.32 Å². The fourth-order valence-electron chi connectivity index (χ4n) is 1.92. The van der Waals surface area contributed by atoms with Crippen LogP contribution in [-0.4, -0.2) is 39.9 Å². The quantitative estimate of drug-likeness (QED) is 0.898. The Morgan fingerprint density at radius 3 is 2.30 bits per heavy atom. The van der Waals surface area contributed by atoms with Crippen LogP contribution in [0.2, 0.25) is 5.02 Å². The number of benzene rings is 2. The van der Waals surface area contributed by atoms with Crippen molar-refractivity contribution in [3.8, 4) is 0 Å². The van der Waals surface area contributed by atoms with E-state index in [0.717, 1.165) is 0 Å². The van der Waals surface area contributed by atoms with Crippen LogP contribution in [0.25, 0.3) is 0 Å². The van der Waals surface area contributed by atoms with E-state index < -0.39 is 9.84 Å². The SMILES string of the molecule is CN(C)C(=O)CNc1ccccc1S(=O)(=O)c1ccc(Cl)cc1. The van der Waals surface area contributed by atoms with Crippen LogP contribution in [0.15, 0.2) is 58.3 Å². The summed E-state index contributed by atoms with van der Waals surface area (Å²) in [7, 11) is -0.422. The van der Waals surface area contributed by atoms with Crippen molar-refractivity contribution in [2.45, 2.75) is 9.79 Å². The van der Waals surface area contributed by atoms with E-state index in [9.17, 15) is 13.2 Å². The smallest absolute Gasteiger partial charge is 0.241 e. The molecule has 122 valence electrons. The van der Waals surface area contributed by atoms with Gasteiger partial charge in [-0.25, -0.2) is 8.42 Å². The minimum atomic E-state index is -3.70. The van der Waals surface area contributed by atoms with Crippen LogP contribution in [-0.2, 0) is 14.6 Å². The molecule has 0 saturated heterocycles. The van der Waals surface area contributed by atoms with Crippen LogP contribution in [0.4, 0.5) is 5.69 Å². The third kappa shape index (κ3) is 4.03. The zero-order chi connectivity index (χ0) is 17.0. The largest absolute Gasteiger partial charge is 0.375 e. The van der Waals surface area contributed by atoms with E-state index in [2.05, 4.69) is 5.32 Å². The number of halogens is 1. The highest BCUT2D eigenvalue weighted by atomic mass is 35.5. The zero-order valence-corrected chi connectivity index (χ0v) is 14.4. The van der Waals surface area contributed by atoms with Gasteiger partial charge in [0.05, 0.1) is 22.0 Å². The molecule has 7 heteroatoms. The molecule has 23 heavy (non-hydrogen) atoms. The van der Waals surface area contributed by atoms with E-state index in [4.69, 9.17) is 11.6 Å². The number of hydrogen-bond acceptors (Lipinski definition) is 4. The first-order valence-electron chi connectivity index (χ1n) is 6.86. The molecule has 2 rings (SSSR count). The average Bonchev–Trinajstić information content (AvgIpc) is 2.53. The Balaban J connectivity index is 2.36. The topological polar surface area (TPSA) is 66.5 Å². The van der Waals surface area contributed by atoms with E-state index >= 15 is 0 Å². The first kappa shape index (κ1) is 17.3. The summed E-state index contributed by atoms with van der Waals surface area (Å²) >= 11 is 5.80. The number of likely N-dealkylation sites (N-methyl/N-ethyl adjacent to an activating group) is 1. The number of sulfone groups is 1. The van der Waals surface area contributed by atoms with Crippen molar-refractivity contribution < 1.29 is 13.2 Å². The Labute approximate surface area is 140 Å². The maximum absolute atomic E-state index is 12.8. The minimum absolute atomic E-state index is 0.0140. The molecule has 2 aromatic carbocycles. The van der Waals surface area contributed by atoms with Gasteiger partial charge in [-0.1, -0.05) is 23.7 Å². The molecule has 0 aliphatic rings. The monoisotopic (exact) mass is 352 g/mol. The minimum Gasteiger partial charge on any atom is -0.375 e. The van der Waals surface area contributed by atoms with E-state index in [0.29, 0.717) is 10.7 Å². The highest BCUT2D eigenvalue weighted by molar-refractivity contribution is 7.91. The number of anilines is 1. The summed E-state index contributed by atoms with van der Waals surface area (Å²) in [6, 6.07) is 12.5. The first-order chi connectivity index (χ1) is 10.8. The summed E-state index contributed by atoms with van der Waals surface area (Å²) in [6.07, 6.45) is 0. The number of hydrogen-bond donors (Lipinski definition) is 1. The van der Waals surface area contributed by atoms with Gasteiger partial charge in [-0.3, -0.25) is 4.79 Å². The van der Waals surface area contributed by atoms with E-state index in [1.807, 2.05) is 0 Å². The molecule has 0 heterocycles. The molecule has 0 atom stereocenters. The molecule has 1 amide bonds. The summed E-state index contributed by atoms with van der Waals surface area (Å²) in [4.78, 5) is 13.4. The summed E-state index contributed by atoms with van der Waals surface area (Å²) in [5.41, 5.74) is 0.387. The second-order valence-corrected chi connectivity index (χ2v) is 7.45. The first-order valence-corrected chi connectivity index (χ1v) is 8.72. The molecule has 0 unspecified atom stereocenters. The van der Waals surface area contributed by atoms with E-state index in [-0.39, 0.29) is 22.2 Å². The Kier molecular flexibility index (Phi) is 5.28. The lowest BCUT2D eigenvalue weighted by atomic mass is 10.3. The summed E-state index contributed by atoms with van der Waals surface area (Å²) < 4.78 is 25.5. The fraction of sp³-hybridized carbons (Fsp3) is 0.188. The molecular formula is C16H17ClN2O3S. The number of nitrogens with zero attached hydrogens (tertiary/aromatic N) is 1. The molecule has 0 radical (unpaired) electrons. The summed E-state index contributed by atoms with van der Waals surface area (Å²) in [6.45, 7) is 0.0140. The van der Waals surface area contributed by atoms with Crippen molar-refractivity contribution in [1.29, 1.82) is 0 Å². The van der Waals surface area contributed by atoms with Crippen molar-refractivity contribution in [1.82, 2.24) is 4.90 Å². The van der Waals surface area contributed by atoms with Crippen LogP contribution in [0.3, 0.4) is 0 Å². The Hall–Kier alpha value is -2.05. The van der Waals surface area contributed by atoms with Crippen LogP contribution in [0.1, 0.15) is 0 Å². The van der Waals surface area contributed by atoms with Crippen molar-refractivity contribution in [2.24, 2.45) is 0 Å². The molecular weight excluding hydrogens is 336 g/mol. The molecule has 0 saturated carbocycles. The molecule has 1 N–H and O–H groups in total. The second-order valence-electron chi connectivity index (χ2n) is 5.10. The normalized spacial score (nSPS) is 11.1. The van der Waals surface area contributed by atoms with Crippen LogP contribution in [0, 0.1) is 0 Å². The van der Waals surface area contributed by atoms with Gasteiger partial charge in [-0.05, 0) is 36.4 Å². The third-order valence-electron chi connectivity index (χ3n) is 3.23. The number of nitrogens with one attached hydrogen (secondary N) is 1. The van der Waals surface area contributed by atoms with Crippen molar-refractivity contribution in [3.63, 3.8) is 0 Å². The zero-order valence-electron chi connectivity index (χ0n) is 12.8. The lowest BCUT2D eigenvalue weighted by molar-refractivity contribution is -0.126. The van der Waals surface area contributed by atoms with Crippen molar-refractivity contribution in [2.75, 3.05) is 26.0 Å². The Bertz CT molecular complexity index is 802. The van der Waals surface area contributed by atoms with Crippen molar-refractivity contribution >= 4 is 33.0 Å². The van der Waals surface area contributed by atoms with Gasteiger partial charge in [0.15, 0.2) is 0 Å². The number of carbonyl (C=O) groups is 1. The highest BCUT2D eigenvalue weighted by Gasteiger charge is 2.21. The summed E-state index contributed by atoms with van der Waals surface area (Å²) in [5, 5.41) is 3.35. The second kappa shape index (κ2) is 7.02. The standard InChI is InChI=1S/C16H17ClN2O3S/c1-19(2)16(20)11-18-14-5-3-4-6-15(14)23(21,22)13-9-7-12(17)8-10-13/h3-10,18H,11H2,1-2H3. The fourth-order valence-corrected chi connectivity index (χ4v) is 3.48. The van der Waals surface area contributed by atoms with Crippen LogP contribution in [0.5, 0.6) is 0 Å². The Morgan fingerprint density at radius 1 is 1.09 bits per heavy atom. The molecule has 0 bridgehead atoms. The van der Waals surface area contributed by atoms with Gasteiger partial charge in [-0.2, -0.15) is 0 Å². The van der Waals surface area contributed by atoms with Gasteiger partial charge < -0.3 is 10.2 Å². The van der Waals surface area contributed by atoms with E-state index in [1.54, 1.807) is 32.3 Å². The van der Waals surface area contributed by atoms with E-state index in [1.165, 1.54) is 35.2 Å². The Morgan fingerprint density at radius 2 is 1.70 bits per heavy atom. The lowest BCUT2D eigenvalue weighted by Gasteiger charge is -2.15. The van der Waals surface area contributed by atoms with Gasteiger partial charge in [0.1, 0.15) is 0 Å².